The van der Waals surface area contributed by atoms with Gasteiger partial charge in [-0.1, -0.05) is 6.58 Å². The standard InChI is InChI=1S/C19H25FN2O3/c1-5-18(23)22-10-14(11-22)8-13(4)21-19(24)16-9-15(20)6-7-17(16)25-12(2)3/h5-7,9,12-14H,1,8,10-11H2,2-4H3,(H,21,24). The lowest BCUT2D eigenvalue weighted by Crippen LogP contribution is -2.51. The van der Waals surface area contributed by atoms with E-state index in [0.717, 1.165) is 6.42 Å². The highest BCUT2D eigenvalue weighted by Gasteiger charge is 2.30. The Morgan fingerprint density at radius 3 is 2.68 bits per heavy atom. The highest BCUT2D eigenvalue weighted by atomic mass is 19.1. The first-order valence-electron chi connectivity index (χ1n) is 8.48. The number of hydrogen-bond donors (Lipinski definition) is 1. The highest BCUT2D eigenvalue weighted by Crippen LogP contribution is 2.23. The first-order valence-corrected chi connectivity index (χ1v) is 8.48. The van der Waals surface area contributed by atoms with Crippen LogP contribution in [0.2, 0.25) is 0 Å². The summed E-state index contributed by atoms with van der Waals surface area (Å²) in [7, 11) is 0. The van der Waals surface area contributed by atoms with Crippen LogP contribution in [-0.2, 0) is 4.79 Å². The van der Waals surface area contributed by atoms with Crippen molar-refractivity contribution in [1.29, 1.82) is 0 Å². The lowest BCUT2D eigenvalue weighted by atomic mass is 9.92. The molecular weight excluding hydrogens is 323 g/mol. The van der Waals surface area contributed by atoms with Crippen LogP contribution in [0.1, 0.15) is 37.6 Å². The van der Waals surface area contributed by atoms with Gasteiger partial charge in [0.15, 0.2) is 0 Å². The lowest BCUT2D eigenvalue weighted by molar-refractivity contribution is -0.132. The Morgan fingerprint density at radius 2 is 2.08 bits per heavy atom. The van der Waals surface area contributed by atoms with Gasteiger partial charge in [0.2, 0.25) is 5.91 Å². The third kappa shape index (κ3) is 5.05. The third-order valence-electron chi connectivity index (χ3n) is 4.06. The third-order valence-corrected chi connectivity index (χ3v) is 4.06. The van der Waals surface area contributed by atoms with Gasteiger partial charge in [0.25, 0.3) is 5.91 Å². The molecule has 1 N–H and O–H groups in total. The van der Waals surface area contributed by atoms with Crippen LogP contribution in [0.15, 0.2) is 30.9 Å². The van der Waals surface area contributed by atoms with Gasteiger partial charge < -0.3 is 15.0 Å². The number of amides is 2. The summed E-state index contributed by atoms with van der Waals surface area (Å²) in [6, 6.07) is 3.85. The largest absolute Gasteiger partial charge is 0.490 e. The van der Waals surface area contributed by atoms with Gasteiger partial charge >= 0.3 is 0 Å². The fraction of sp³-hybridized carbons (Fsp3) is 0.474. The van der Waals surface area contributed by atoms with E-state index in [1.807, 2.05) is 20.8 Å². The van der Waals surface area contributed by atoms with Crippen LogP contribution in [0.25, 0.3) is 0 Å². The SMILES string of the molecule is C=CC(=O)N1CC(CC(C)NC(=O)c2cc(F)ccc2OC(C)C)C1. The molecule has 1 aromatic rings. The van der Waals surface area contributed by atoms with E-state index in [1.54, 1.807) is 4.90 Å². The average Bonchev–Trinajstić information content (AvgIpc) is 2.50. The maximum absolute atomic E-state index is 13.5. The predicted octanol–water partition coefficient (Wildman–Crippen LogP) is 2.77. The Morgan fingerprint density at radius 1 is 1.40 bits per heavy atom. The summed E-state index contributed by atoms with van der Waals surface area (Å²) >= 11 is 0. The number of nitrogens with one attached hydrogen (secondary N) is 1. The molecule has 2 amide bonds. The fourth-order valence-electron chi connectivity index (χ4n) is 2.92. The minimum atomic E-state index is -0.480. The molecule has 0 radical (unpaired) electrons. The van der Waals surface area contributed by atoms with Crippen LogP contribution in [0.4, 0.5) is 4.39 Å². The predicted molar refractivity (Wildman–Crippen MR) is 94.0 cm³/mol. The number of rotatable bonds is 7. The van der Waals surface area contributed by atoms with Gasteiger partial charge in [-0.25, -0.2) is 4.39 Å². The van der Waals surface area contributed by atoms with Crippen molar-refractivity contribution in [2.75, 3.05) is 13.1 Å². The van der Waals surface area contributed by atoms with Crippen LogP contribution in [-0.4, -0.2) is 41.9 Å². The van der Waals surface area contributed by atoms with E-state index < -0.39 is 5.82 Å². The molecule has 1 unspecified atom stereocenters. The molecule has 1 fully saturated rings. The second-order valence-corrected chi connectivity index (χ2v) is 6.73. The molecule has 0 aromatic heterocycles. The van der Waals surface area contributed by atoms with E-state index in [1.165, 1.54) is 24.3 Å². The smallest absolute Gasteiger partial charge is 0.255 e. The molecule has 1 atom stereocenters. The van der Waals surface area contributed by atoms with Gasteiger partial charge in [-0.2, -0.15) is 0 Å². The van der Waals surface area contributed by atoms with Gasteiger partial charge in [-0.3, -0.25) is 9.59 Å². The van der Waals surface area contributed by atoms with Crippen molar-refractivity contribution >= 4 is 11.8 Å². The van der Waals surface area contributed by atoms with Crippen molar-refractivity contribution in [3.05, 3.63) is 42.2 Å². The Kier molecular flexibility index (Phi) is 6.17. The van der Waals surface area contributed by atoms with E-state index in [2.05, 4.69) is 11.9 Å². The molecule has 2 rings (SSSR count). The lowest BCUT2D eigenvalue weighted by Gasteiger charge is -2.40. The normalized spacial score (nSPS) is 15.5. The molecule has 0 saturated carbocycles. The van der Waals surface area contributed by atoms with Gasteiger partial charge in [-0.05, 0) is 57.4 Å². The summed E-state index contributed by atoms with van der Waals surface area (Å²) in [5, 5.41) is 2.88. The van der Waals surface area contributed by atoms with Gasteiger partial charge in [0.05, 0.1) is 11.7 Å². The summed E-state index contributed by atoms with van der Waals surface area (Å²) in [6.07, 6.45) is 1.95. The molecule has 5 nitrogen and oxygen atoms in total. The van der Waals surface area contributed by atoms with E-state index >= 15 is 0 Å². The van der Waals surface area contributed by atoms with E-state index in [9.17, 15) is 14.0 Å². The number of carbonyl (C=O) groups excluding carboxylic acids is 2. The average molecular weight is 348 g/mol. The topological polar surface area (TPSA) is 58.6 Å². The first-order chi connectivity index (χ1) is 11.8. The first kappa shape index (κ1) is 19.0. The number of likely N-dealkylation sites (tertiary alicyclic amines) is 1. The van der Waals surface area contributed by atoms with Crippen LogP contribution in [0.5, 0.6) is 5.75 Å². The second-order valence-electron chi connectivity index (χ2n) is 6.73. The van der Waals surface area contributed by atoms with Crippen LogP contribution >= 0.6 is 0 Å². The van der Waals surface area contributed by atoms with Crippen LogP contribution in [0.3, 0.4) is 0 Å². The molecule has 0 aliphatic carbocycles. The summed E-state index contributed by atoms with van der Waals surface area (Å²) in [4.78, 5) is 25.6. The number of halogens is 1. The van der Waals surface area contributed by atoms with Gasteiger partial charge in [-0.15, -0.1) is 0 Å². The molecule has 1 aromatic carbocycles. The summed E-state index contributed by atoms with van der Waals surface area (Å²) in [5.74, 6) is -0.193. The minimum Gasteiger partial charge on any atom is -0.490 e. The number of hydrogen-bond acceptors (Lipinski definition) is 3. The van der Waals surface area contributed by atoms with E-state index in [4.69, 9.17) is 4.74 Å². The molecule has 136 valence electrons. The second kappa shape index (κ2) is 8.14. The maximum Gasteiger partial charge on any atom is 0.255 e. The summed E-state index contributed by atoms with van der Waals surface area (Å²) in [5.41, 5.74) is 0.192. The van der Waals surface area contributed by atoms with E-state index in [0.29, 0.717) is 24.8 Å². The Balaban J connectivity index is 1.92. The molecule has 1 aliphatic heterocycles. The van der Waals surface area contributed by atoms with E-state index in [-0.39, 0.29) is 29.5 Å². The van der Waals surface area contributed by atoms with Crippen molar-refractivity contribution in [2.45, 2.75) is 39.3 Å². The van der Waals surface area contributed by atoms with Crippen molar-refractivity contribution in [3.8, 4) is 5.75 Å². The van der Waals surface area contributed by atoms with Crippen molar-refractivity contribution < 1.29 is 18.7 Å². The molecular formula is C19H25FN2O3. The molecule has 25 heavy (non-hydrogen) atoms. The van der Waals surface area contributed by atoms with Crippen LogP contribution in [0, 0.1) is 11.7 Å². The zero-order chi connectivity index (χ0) is 18.6. The van der Waals surface area contributed by atoms with Crippen molar-refractivity contribution in [1.82, 2.24) is 10.2 Å². The summed E-state index contributed by atoms with van der Waals surface area (Å²) in [6.45, 7) is 10.4. The zero-order valence-electron chi connectivity index (χ0n) is 14.9. The van der Waals surface area contributed by atoms with Crippen molar-refractivity contribution in [3.63, 3.8) is 0 Å². The van der Waals surface area contributed by atoms with Gasteiger partial charge in [0, 0.05) is 19.1 Å². The molecule has 6 heteroatoms. The Hall–Kier alpha value is -2.37. The molecule has 1 aliphatic rings. The number of benzene rings is 1. The highest BCUT2D eigenvalue weighted by molar-refractivity contribution is 5.97. The van der Waals surface area contributed by atoms with Gasteiger partial charge in [0.1, 0.15) is 11.6 Å². The number of carbonyl (C=O) groups is 2. The zero-order valence-corrected chi connectivity index (χ0v) is 14.9. The molecule has 0 spiro atoms. The van der Waals surface area contributed by atoms with Crippen LogP contribution < -0.4 is 10.1 Å². The monoisotopic (exact) mass is 348 g/mol. The van der Waals surface area contributed by atoms with Crippen molar-refractivity contribution in [2.24, 2.45) is 5.92 Å². The quantitative estimate of drug-likeness (QED) is 0.771. The number of ether oxygens (including phenoxy) is 1. The Bertz CT molecular complexity index is 654. The molecule has 0 bridgehead atoms. The fourth-order valence-corrected chi connectivity index (χ4v) is 2.92. The minimum absolute atomic E-state index is 0.0665. The molecule has 1 heterocycles. The maximum atomic E-state index is 13.5. The number of nitrogens with zero attached hydrogens (tertiary/aromatic N) is 1. The molecule has 1 saturated heterocycles. The Labute approximate surface area is 147 Å². The summed E-state index contributed by atoms with van der Waals surface area (Å²) < 4.78 is 19.1.